The summed E-state index contributed by atoms with van der Waals surface area (Å²) in [5.74, 6) is -0.527. The molecule has 4 heteroatoms. The number of nitrogens with two attached hydrogens (primary N) is 1. The molecule has 1 aromatic rings. The summed E-state index contributed by atoms with van der Waals surface area (Å²) >= 11 is 0. The van der Waals surface area contributed by atoms with Gasteiger partial charge in [-0.05, 0) is 18.6 Å². The normalized spacial score (nSPS) is 9.69. The third-order valence-electron chi connectivity index (χ3n) is 1.81. The Morgan fingerprint density at radius 3 is 2.62 bits per heavy atom. The standard InChI is InChI=1S/C9H11NO3/c1-5-3-4-6(13-2)7(8(5)11)9(10)12/h3-4,11H,1-2H3,(H2,10,12). The Kier molecular flexibility index (Phi) is 2.41. The van der Waals surface area contributed by atoms with Crippen LogP contribution in [0.15, 0.2) is 12.1 Å². The number of aryl methyl sites for hydroxylation is 1. The van der Waals surface area contributed by atoms with Crippen LogP contribution in [0.1, 0.15) is 15.9 Å². The largest absolute Gasteiger partial charge is 0.507 e. The lowest BCUT2D eigenvalue weighted by molar-refractivity contribution is 0.0994. The van der Waals surface area contributed by atoms with Crippen molar-refractivity contribution in [1.82, 2.24) is 0 Å². The summed E-state index contributed by atoms with van der Waals surface area (Å²) in [6, 6.07) is 3.25. The van der Waals surface area contributed by atoms with Crippen molar-refractivity contribution in [3.8, 4) is 11.5 Å². The number of ether oxygens (including phenoxy) is 1. The van der Waals surface area contributed by atoms with Crippen LogP contribution in [0.5, 0.6) is 11.5 Å². The Bertz CT molecular complexity index is 347. The molecule has 1 rings (SSSR count). The first-order valence-electron chi connectivity index (χ1n) is 3.74. The van der Waals surface area contributed by atoms with Crippen molar-refractivity contribution >= 4 is 5.91 Å². The molecule has 70 valence electrons. The number of methoxy groups -OCH3 is 1. The molecule has 0 spiro atoms. The Labute approximate surface area is 75.9 Å². The van der Waals surface area contributed by atoms with Crippen molar-refractivity contribution < 1.29 is 14.6 Å². The first-order valence-corrected chi connectivity index (χ1v) is 3.74. The molecule has 0 fully saturated rings. The van der Waals surface area contributed by atoms with Gasteiger partial charge < -0.3 is 15.6 Å². The number of carbonyl (C=O) groups excluding carboxylic acids is 1. The van der Waals surface area contributed by atoms with Gasteiger partial charge in [0.15, 0.2) is 0 Å². The lowest BCUT2D eigenvalue weighted by Crippen LogP contribution is -2.13. The highest BCUT2D eigenvalue weighted by atomic mass is 16.5. The van der Waals surface area contributed by atoms with Gasteiger partial charge in [0, 0.05) is 0 Å². The molecule has 0 heterocycles. The predicted octanol–water partition coefficient (Wildman–Crippen LogP) is 0.808. The van der Waals surface area contributed by atoms with E-state index in [1.807, 2.05) is 0 Å². The van der Waals surface area contributed by atoms with E-state index >= 15 is 0 Å². The minimum atomic E-state index is -0.696. The first kappa shape index (κ1) is 9.38. The van der Waals surface area contributed by atoms with Gasteiger partial charge in [0.1, 0.15) is 17.1 Å². The number of hydrogen-bond acceptors (Lipinski definition) is 3. The van der Waals surface area contributed by atoms with E-state index in [4.69, 9.17) is 10.5 Å². The molecule has 0 saturated carbocycles. The number of amides is 1. The molecule has 0 bridgehead atoms. The van der Waals surface area contributed by atoms with Crippen LogP contribution < -0.4 is 10.5 Å². The second-order valence-electron chi connectivity index (χ2n) is 2.67. The van der Waals surface area contributed by atoms with E-state index in [1.165, 1.54) is 7.11 Å². The van der Waals surface area contributed by atoms with Crippen molar-refractivity contribution in [2.75, 3.05) is 7.11 Å². The SMILES string of the molecule is COc1ccc(C)c(O)c1C(N)=O. The highest BCUT2D eigenvalue weighted by Crippen LogP contribution is 2.29. The zero-order chi connectivity index (χ0) is 10.0. The van der Waals surface area contributed by atoms with Gasteiger partial charge in [0.25, 0.3) is 5.91 Å². The second-order valence-corrected chi connectivity index (χ2v) is 2.67. The topological polar surface area (TPSA) is 72.6 Å². The molecule has 0 atom stereocenters. The summed E-state index contributed by atoms with van der Waals surface area (Å²) in [5.41, 5.74) is 5.70. The zero-order valence-corrected chi connectivity index (χ0v) is 7.50. The van der Waals surface area contributed by atoms with Crippen LogP contribution in [0.4, 0.5) is 0 Å². The second kappa shape index (κ2) is 3.35. The van der Waals surface area contributed by atoms with Gasteiger partial charge in [-0.15, -0.1) is 0 Å². The van der Waals surface area contributed by atoms with Crippen LogP contribution in [-0.2, 0) is 0 Å². The zero-order valence-electron chi connectivity index (χ0n) is 7.50. The molecule has 0 aromatic heterocycles. The maximum atomic E-state index is 10.9. The molecule has 0 radical (unpaired) electrons. The predicted molar refractivity (Wildman–Crippen MR) is 47.9 cm³/mol. The van der Waals surface area contributed by atoms with E-state index in [0.29, 0.717) is 5.56 Å². The van der Waals surface area contributed by atoms with Gasteiger partial charge in [-0.1, -0.05) is 6.07 Å². The van der Waals surface area contributed by atoms with Crippen LogP contribution in [0, 0.1) is 6.92 Å². The highest BCUT2D eigenvalue weighted by molar-refractivity contribution is 5.98. The Hall–Kier alpha value is -1.71. The minimum Gasteiger partial charge on any atom is -0.507 e. The Balaban J connectivity index is 3.41. The van der Waals surface area contributed by atoms with Gasteiger partial charge in [-0.25, -0.2) is 0 Å². The third-order valence-corrected chi connectivity index (χ3v) is 1.81. The minimum absolute atomic E-state index is 0.0301. The fraction of sp³-hybridized carbons (Fsp3) is 0.222. The quantitative estimate of drug-likeness (QED) is 0.709. The van der Waals surface area contributed by atoms with Crippen molar-refractivity contribution in [3.63, 3.8) is 0 Å². The summed E-state index contributed by atoms with van der Waals surface area (Å²) in [5, 5.41) is 9.50. The first-order chi connectivity index (χ1) is 6.07. The highest BCUT2D eigenvalue weighted by Gasteiger charge is 2.15. The molecule has 0 aliphatic heterocycles. The molecule has 0 unspecified atom stereocenters. The molecule has 1 aromatic carbocycles. The van der Waals surface area contributed by atoms with Gasteiger partial charge in [-0.2, -0.15) is 0 Å². The fourth-order valence-corrected chi connectivity index (χ4v) is 1.09. The van der Waals surface area contributed by atoms with Crippen LogP contribution in [0.2, 0.25) is 0 Å². The Morgan fingerprint density at radius 1 is 1.54 bits per heavy atom. The summed E-state index contributed by atoms with van der Waals surface area (Å²) in [6.45, 7) is 1.68. The van der Waals surface area contributed by atoms with Crippen LogP contribution in [0.3, 0.4) is 0 Å². The van der Waals surface area contributed by atoms with Gasteiger partial charge >= 0.3 is 0 Å². The monoisotopic (exact) mass is 181 g/mol. The Morgan fingerprint density at radius 2 is 2.15 bits per heavy atom. The van der Waals surface area contributed by atoms with E-state index in [2.05, 4.69) is 0 Å². The molecule has 1 amide bonds. The van der Waals surface area contributed by atoms with Crippen LogP contribution in [-0.4, -0.2) is 18.1 Å². The fourth-order valence-electron chi connectivity index (χ4n) is 1.09. The van der Waals surface area contributed by atoms with E-state index in [9.17, 15) is 9.90 Å². The number of rotatable bonds is 2. The number of aromatic hydroxyl groups is 1. The molecule has 0 aliphatic rings. The molecular weight excluding hydrogens is 170 g/mol. The number of carbonyl (C=O) groups is 1. The van der Waals surface area contributed by atoms with Crippen LogP contribution in [0.25, 0.3) is 0 Å². The lowest BCUT2D eigenvalue weighted by Gasteiger charge is -2.08. The lowest BCUT2D eigenvalue weighted by atomic mass is 10.1. The summed E-state index contributed by atoms with van der Waals surface area (Å²) in [6.07, 6.45) is 0. The van der Waals surface area contributed by atoms with Crippen molar-refractivity contribution in [2.45, 2.75) is 6.92 Å². The van der Waals surface area contributed by atoms with E-state index in [0.717, 1.165) is 0 Å². The molecule has 4 nitrogen and oxygen atoms in total. The molecular formula is C9H11NO3. The smallest absolute Gasteiger partial charge is 0.256 e. The van der Waals surface area contributed by atoms with Crippen molar-refractivity contribution in [1.29, 1.82) is 0 Å². The number of benzene rings is 1. The average molecular weight is 181 g/mol. The van der Waals surface area contributed by atoms with E-state index in [1.54, 1.807) is 19.1 Å². The van der Waals surface area contributed by atoms with Gasteiger partial charge in [-0.3, -0.25) is 4.79 Å². The van der Waals surface area contributed by atoms with Crippen molar-refractivity contribution in [3.05, 3.63) is 23.3 Å². The summed E-state index contributed by atoms with van der Waals surface area (Å²) in [4.78, 5) is 10.9. The van der Waals surface area contributed by atoms with Gasteiger partial charge in [0.05, 0.1) is 7.11 Å². The number of primary amides is 1. The number of hydrogen-bond donors (Lipinski definition) is 2. The molecule has 0 saturated heterocycles. The average Bonchev–Trinajstić information content (AvgIpc) is 2.08. The maximum absolute atomic E-state index is 10.9. The maximum Gasteiger partial charge on any atom is 0.256 e. The summed E-state index contributed by atoms with van der Waals surface area (Å²) < 4.78 is 4.88. The van der Waals surface area contributed by atoms with Crippen LogP contribution >= 0.6 is 0 Å². The molecule has 3 N–H and O–H groups in total. The third kappa shape index (κ3) is 1.56. The van der Waals surface area contributed by atoms with Crippen molar-refractivity contribution in [2.24, 2.45) is 5.73 Å². The molecule has 0 aliphatic carbocycles. The molecule has 13 heavy (non-hydrogen) atoms. The van der Waals surface area contributed by atoms with E-state index < -0.39 is 5.91 Å². The number of phenols is 1. The van der Waals surface area contributed by atoms with E-state index in [-0.39, 0.29) is 17.1 Å². The summed E-state index contributed by atoms with van der Waals surface area (Å²) in [7, 11) is 1.41. The van der Waals surface area contributed by atoms with Gasteiger partial charge in [0.2, 0.25) is 0 Å².